The summed E-state index contributed by atoms with van der Waals surface area (Å²) in [5.41, 5.74) is 3.33. The molecule has 2 aliphatic carbocycles. The molecule has 0 aromatic heterocycles. The van der Waals surface area contributed by atoms with E-state index in [2.05, 4.69) is 27.7 Å². The molecule has 5 heteroatoms. The largest absolute Gasteiger partial charge is 0.493 e. The Bertz CT molecular complexity index is 1090. The van der Waals surface area contributed by atoms with Crippen molar-refractivity contribution >= 4 is 5.97 Å². The smallest absolute Gasteiger partial charge is 0.337 e. The van der Waals surface area contributed by atoms with E-state index < -0.39 is 6.29 Å². The fourth-order valence-electron chi connectivity index (χ4n) is 9.13. The van der Waals surface area contributed by atoms with Crippen LogP contribution in [-0.2, 0) is 20.8 Å². The first-order valence-corrected chi connectivity index (χ1v) is 20.5. The van der Waals surface area contributed by atoms with Crippen molar-refractivity contribution in [2.75, 3.05) is 14.2 Å². The fourth-order valence-corrected chi connectivity index (χ4v) is 9.13. The van der Waals surface area contributed by atoms with Crippen LogP contribution in [0.4, 0.5) is 0 Å². The molecule has 0 fully saturated rings. The second-order valence-corrected chi connectivity index (χ2v) is 16.1. The van der Waals surface area contributed by atoms with E-state index in [1.165, 1.54) is 121 Å². The number of methoxy groups -OCH3 is 2. The molecule has 1 aromatic rings. The van der Waals surface area contributed by atoms with Crippen molar-refractivity contribution in [2.45, 2.75) is 188 Å². The highest BCUT2D eigenvalue weighted by Crippen LogP contribution is 2.53. The molecule has 0 radical (unpaired) electrons. The number of carbonyl (C=O) groups is 1. The molecule has 49 heavy (non-hydrogen) atoms. The summed E-state index contributed by atoms with van der Waals surface area (Å²) in [6.45, 7) is 10.1. The van der Waals surface area contributed by atoms with Crippen LogP contribution in [0.3, 0.4) is 0 Å². The Morgan fingerprint density at radius 1 is 0.816 bits per heavy atom. The van der Waals surface area contributed by atoms with Crippen molar-refractivity contribution in [2.24, 2.45) is 22.7 Å². The van der Waals surface area contributed by atoms with Crippen LogP contribution in [-0.4, -0.2) is 31.6 Å². The van der Waals surface area contributed by atoms with E-state index in [1.807, 2.05) is 24.3 Å². The molecule has 0 heterocycles. The third-order valence-electron chi connectivity index (χ3n) is 12.6. The highest BCUT2D eigenvalue weighted by molar-refractivity contribution is 5.89. The van der Waals surface area contributed by atoms with Gasteiger partial charge in [-0.25, -0.2) is 4.79 Å². The average molecular weight is 683 g/mol. The Balaban J connectivity index is 2.03. The summed E-state index contributed by atoms with van der Waals surface area (Å²) in [5.74, 6) is 1.16. The van der Waals surface area contributed by atoms with Crippen LogP contribution in [0.5, 0.6) is 0 Å². The maximum absolute atomic E-state index is 12.1. The SMILES string of the molecule is CCCC1(C)CCCCCCCCCCCCCCCCC(CC)(CC)CC2=C(OCc3ccc(C(=O)OC)cc3)C1CC(C(O)OC)C2. The predicted molar refractivity (Wildman–Crippen MR) is 203 cm³/mol. The normalized spacial score (nSPS) is 26.2. The molecule has 4 atom stereocenters. The number of hydrogen-bond acceptors (Lipinski definition) is 5. The molecule has 0 amide bonds. The number of aliphatic hydroxyl groups is 1. The molecular formula is C44H74O5. The van der Waals surface area contributed by atoms with E-state index in [0.717, 1.165) is 50.5 Å². The minimum absolute atomic E-state index is 0.0600. The van der Waals surface area contributed by atoms with Gasteiger partial charge in [0, 0.05) is 18.9 Å². The van der Waals surface area contributed by atoms with Gasteiger partial charge in [-0.3, -0.25) is 0 Å². The Morgan fingerprint density at radius 2 is 1.35 bits per heavy atom. The quantitative estimate of drug-likeness (QED) is 0.196. The molecule has 3 rings (SSSR count). The van der Waals surface area contributed by atoms with E-state index in [-0.39, 0.29) is 28.6 Å². The molecule has 0 spiro atoms. The van der Waals surface area contributed by atoms with Gasteiger partial charge in [-0.05, 0) is 72.6 Å². The van der Waals surface area contributed by atoms with Gasteiger partial charge in [0.1, 0.15) is 6.61 Å². The van der Waals surface area contributed by atoms with Gasteiger partial charge < -0.3 is 19.3 Å². The lowest BCUT2D eigenvalue weighted by Crippen LogP contribution is -2.39. The lowest BCUT2D eigenvalue weighted by atomic mass is 9.61. The molecule has 4 unspecified atom stereocenters. The number of hydrogen-bond donors (Lipinski definition) is 1. The van der Waals surface area contributed by atoms with Crippen LogP contribution in [0.25, 0.3) is 0 Å². The van der Waals surface area contributed by atoms with E-state index in [4.69, 9.17) is 14.2 Å². The lowest BCUT2D eigenvalue weighted by molar-refractivity contribution is -0.125. The van der Waals surface area contributed by atoms with Gasteiger partial charge in [0.15, 0.2) is 6.29 Å². The summed E-state index contributed by atoms with van der Waals surface area (Å²) in [5, 5.41) is 11.2. The molecule has 5 nitrogen and oxygen atoms in total. The number of fused-ring (bicyclic) bond motifs is 1. The average Bonchev–Trinajstić information content (AvgIpc) is 3.12. The number of esters is 1. The van der Waals surface area contributed by atoms with Gasteiger partial charge in [0.2, 0.25) is 0 Å². The molecule has 0 aliphatic heterocycles. The van der Waals surface area contributed by atoms with E-state index in [0.29, 0.717) is 12.2 Å². The van der Waals surface area contributed by atoms with Crippen molar-refractivity contribution in [3.05, 3.63) is 46.7 Å². The second-order valence-electron chi connectivity index (χ2n) is 16.1. The summed E-state index contributed by atoms with van der Waals surface area (Å²) < 4.78 is 17.7. The Morgan fingerprint density at radius 3 is 1.84 bits per heavy atom. The number of carbonyl (C=O) groups excluding carboxylic acids is 1. The van der Waals surface area contributed by atoms with Crippen LogP contribution in [0.1, 0.15) is 191 Å². The Hall–Kier alpha value is -1.85. The first-order chi connectivity index (χ1) is 23.7. The third kappa shape index (κ3) is 13.0. The summed E-state index contributed by atoms with van der Waals surface area (Å²) >= 11 is 0. The van der Waals surface area contributed by atoms with Crippen LogP contribution >= 0.6 is 0 Å². The van der Waals surface area contributed by atoms with Gasteiger partial charge in [-0.15, -0.1) is 0 Å². The monoisotopic (exact) mass is 683 g/mol. The van der Waals surface area contributed by atoms with Crippen molar-refractivity contribution in [1.82, 2.24) is 0 Å². The van der Waals surface area contributed by atoms with Gasteiger partial charge >= 0.3 is 5.97 Å². The summed E-state index contributed by atoms with van der Waals surface area (Å²) in [7, 11) is 3.07. The number of aliphatic hydroxyl groups excluding tert-OH is 1. The van der Waals surface area contributed by atoms with Crippen LogP contribution in [0, 0.1) is 22.7 Å². The molecule has 2 bridgehead atoms. The Kier molecular flexibility index (Phi) is 18.8. The molecule has 2 aliphatic rings. The van der Waals surface area contributed by atoms with Crippen molar-refractivity contribution in [3.63, 3.8) is 0 Å². The number of ether oxygens (including phenoxy) is 3. The summed E-state index contributed by atoms with van der Waals surface area (Å²) in [6, 6.07) is 7.67. The number of benzene rings is 1. The van der Waals surface area contributed by atoms with Gasteiger partial charge in [0.25, 0.3) is 0 Å². The van der Waals surface area contributed by atoms with Gasteiger partial charge in [0.05, 0.1) is 18.4 Å². The zero-order chi connectivity index (χ0) is 35.5. The first-order valence-electron chi connectivity index (χ1n) is 20.5. The van der Waals surface area contributed by atoms with Gasteiger partial charge in [-0.1, -0.05) is 149 Å². The molecule has 1 aromatic carbocycles. The fraction of sp³-hybridized carbons (Fsp3) is 0.795. The highest BCUT2D eigenvalue weighted by atomic mass is 16.6. The first kappa shape index (κ1) is 41.6. The summed E-state index contributed by atoms with van der Waals surface area (Å²) in [6.07, 6.45) is 28.0. The standard InChI is InChI=1S/C44H74O5/c1-7-28-43(4)29-22-20-18-16-14-12-10-11-13-15-17-19-21-23-30-44(8-2,9-3)33-38-31-37(42(46)48-6)32-39(43)40(38)49-34-35-24-26-36(27-25-35)41(45)47-5/h24-27,37,39,42,46H,7-23,28-34H2,1-6H3. The maximum atomic E-state index is 12.1. The van der Waals surface area contributed by atoms with E-state index >= 15 is 0 Å². The lowest BCUT2D eigenvalue weighted by Gasteiger charge is -2.46. The third-order valence-corrected chi connectivity index (χ3v) is 12.6. The van der Waals surface area contributed by atoms with Crippen LogP contribution in [0.15, 0.2) is 35.6 Å². The van der Waals surface area contributed by atoms with Crippen molar-refractivity contribution in [3.8, 4) is 0 Å². The molecule has 0 saturated heterocycles. The predicted octanol–water partition coefficient (Wildman–Crippen LogP) is 12.5. The minimum atomic E-state index is -0.771. The molecule has 280 valence electrons. The van der Waals surface area contributed by atoms with Gasteiger partial charge in [-0.2, -0.15) is 0 Å². The molecule has 1 N–H and O–H groups in total. The van der Waals surface area contributed by atoms with E-state index in [9.17, 15) is 9.90 Å². The van der Waals surface area contributed by atoms with E-state index in [1.54, 1.807) is 7.11 Å². The Labute approximate surface area is 301 Å². The van der Waals surface area contributed by atoms with Crippen molar-refractivity contribution < 1.29 is 24.1 Å². The number of allylic oxidation sites excluding steroid dienone is 2. The summed E-state index contributed by atoms with van der Waals surface area (Å²) in [4.78, 5) is 12.1. The topological polar surface area (TPSA) is 65.0 Å². The maximum Gasteiger partial charge on any atom is 0.337 e. The number of rotatable bonds is 10. The molecule has 0 saturated carbocycles. The zero-order valence-electron chi connectivity index (χ0n) is 32.6. The highest BCUT2D eigenvalue weighted by Gasteiger charge is 2.45. The van der Waals surface area contributed by atoms with Crippen LogP contribution < -0.4 is 0 Å². The second kappa shape index (κ2) is 22.2. The zero-order valence-corrected chi connectivity index (χ0v) is 32.6. The van der Waals surface area contributed by atoms with Crippen LogP contribution in [0.2, 0.25) is 0 Å². The molecular weight excluding hydrogens is 608 g/mol. The minimum Gasteiger partial charge on any atom is -0.493 e. The van der Waals surface area contributed by atoms with Crippen molar-refractivity contribution in [1.29, 1.82) is 0 Å².